The van der Waals surface area contributed by atoms with Crippen molar-refractivity contribution >= 4 is 27.3 Å². The van der Waals surface area contributed by atoms with E-state index in [0.717, 1.165) is 43.6 Å². The minimum Gasteiger partial charge on any atom is -0.341 e. The molecule has 3 aromatic heterocycles. The Morgan fingerprint density at radius 1 is 1.28 bits per heavy atom. The molecule has 0 saturated carbocycles. The van der Waals surface area contributed by atoms with E-state index >= 15 is 0 Å². The summed E-state index contributed by atoms with van der Waals surface area (Å²) in [5.74, 6) is -0.00420. The van der Waals surface area contributed by atoms with Crippen LogP contribution in [0.1, 0.15) is 43.5 Å². The molecule has 0 radical (unpaired) electrons. The average Bonchev–Trinajstić information content (AvgIpc) is 3.41. The number of rotatable bonds is 7. The van der Waals surface area contributed by atoms with Crippen LogP contribution in [0.5, 0.6) is 0 Å². The number of piperidine rings is 1. The number of aryl methyl sites for hydroxylation is 1. The lowest BCUT2D eigenvalue weighted by Crippen LogP contribution is -2.37. The van der Waals surface area contributed by atoms with E-state index in [0.29, 0.717) is 10.7 Å². The smallest absolute Gasteiger partial charge is 0.242 e. The molecule has 1 saturated heterocycles. The quantitative estimate of drug-likeness (QED) is 0.567. The van der Waals surface area contributed by atoms with E-state index in [1.807, 2.05) is 23.3 Å². The first-order valence-electron chi connectivity index (χ1n) is 10.7. The summed E-state index contributed by atoms with van der Waals surface area (Å²) in [6.07, 6.45) is 7.97. The first-order chi connectivity index (χ1) is 15.3. The lowest BCUT2D eigenvalue weighted by atomic mass is 10.1. The highest BCUT2D eigenvalue weighted by atomic mass is 32.2. The highest BCUT2D eigenvalue weighted by Crippen LogP contribution is 2.29. The van der Waals surface area contributed by atoms with E-state index in [4.69, 9.17) is 0 Å². The molecule has 1 atom stereocenters. The van der Waals surface area contributed by atoms with Crippen LogP contribution in [-0.2, 0) is 21.4 Å². The van der Waals surface area contributed by atoms with Gasteiger partial charge in [0.1, 0.15) is 16.4 Å². The van der Waals surface area contributed by atoms with E-state index in [1.54, 1.807) is 36.0 Å². The number of aromatic nitrogens is 3. The molecule has 0 spiro atoms. The van der Waals surface area contributed by atoms with Crippen LogP contribution in [0.25, 0.3) is 10.7 Å². The zero-order valence-electron chi connectivity index (χ0n) is 18.2. The molecule has 4 heterocycles. The maximum absolute atomic E-state index is 13.1. The fraction of sp³-hybridized carbons (Fsp3) is 0.409. The van der Waals surface area contributed by atoms with Crippen LogP contribution in [-0.4, -0.2) is 46.8 Å². The summed E-state index contributed by atoms with van der Waals surface area (Å²) in [6.45, 7) is 5.25. The fourth-order valence-electron chi connectivity index (χ4n) is 3.80. The topological polar surface area (TPSA) is 97.2 Å². The number of amides is 1. The Morgan fingerprint density at radius 3 is 2.72 bits per heavy atom. The van der Waals surface area contributed by atoms with Crippen LogP contribution < -0.4 is 4.72 Å². The van der Waals surface area contributed by atoms with E-state index in [-0.39, 0.29) is 17.3 Å². The van der Waals surface area contributed by atoms with Gasteiger partial charge in [-0.15, -0.1) is 11.3 Å². The molecule has 0 bridgehead atoms. The van der Waals surface area contributed by atoms with Crippen molar-refractivity contribution in [2.24, 2.45) is 0 Å². The predicted molar refractivity (Wildman–Crippen MR) is 124 cm³/mol. The Bertz CT molecular complexity index is 1180. The highest BCUT2D eigenvalue weighted by molar-refractivity contribution is 7.89. The zero-order valence-corrected chi connectivity index (χ0v) is 19.8. The van der Waals surface area contributed by atoms with Crippen LogP contribution in [0.2, 0.25) is 0 Å². The number of pyridine rings is 1. The summed E-state index contributed by atoms with van der Waals surface area (Å²) in [5.41, 5.74) is 2.25. The Hall–Kier alpha value is -2.56. The molecule has 1 unspecified atom stereocenters. The monoisotopic (exact) mass is 473 g/mol. The largest absolute Gasteiger partial charge is 0.341 e. The molecule has 4 rings (SSSR count). The molecule has 1 amide bonds. The normalized spacial score (nSPS) is 15.6. The number of carbonyl (C=O) groups excluding carboxylic acids is 1. The number of nitrogens with one attached hydrogen (secondary N) is 1. The number of sulfonamides is 1. The number of nitrogens with zero attached hydrogens (tertiary/aromatic N) is 4. The molecular formula is C22H27N5O3S2. The maximum atomic E-state index is 13.1. The Balaban J connectivity index is 1.63. The number of thiazole rings is 1. The first kappa shape index (κ1) is 22.6. The van der Waals surface area contributed by atoms with Gasteiger partial charge in [0.25, 0.3) is 0 Å². The summed E-state index contributed by atoms with van der Waals surface area (Å²) in [6, 6.07) is 4.75. The molecule has 1 aliphatic rings. The van der Waals surface area contributed by atoms with E-state index in [2.05, 4.69) is 14.7 Å². The highest BCUT2D eigenvalue weighted by Gasteiger charge is 2.25. The Labute approximate surface area is 192 Å². The van der Waals surface area contributed by atoms with Crippen molar-refractivity contribution in [3.05, 3.63) is 53.4 Å². The van der Waals surface area contributed by atoms with Gasteiger partial charge in [0.05, 0.1) is 5.69 Å². The summed E-state index contributed by atoms with van der Waals surface area (Å²) in [4.78, 5) is 23.4. The van der Waals surface area contributed by atoms with Crippen molar-refractivity contribution in [3.8, 4) is 10.7 Å². The molecule has 1 N–H and O–H groups in total. The van der Waals surface area contributed by atoms with Gasteiger partial charge in [0, 0.05) is 48.8 Å². The average molecular weight is 474 g/mol. The molecular weight excluding hydrogens is 446 g/mol. The van der Waals surface area contributed by atoms with E-state index in [1.165, 1.54) is 17.5 Å². The third kappa shape index (κ3) is 5.08. The third-order valence-electron chi connectivity index (χ3n) is 5.55. The predicted octanol–water partition coefficient (Wildman–Crippen LogP) is 3.37. The summed E-state index contributed by atoms with van der Waals surface area (Å²) >= 11 is 1.43. The second-order valence-electron chi connectivity index (χ2n) is 8.05. The van der Waals surface area contributed by atoms with Crippen LogP contribution in [0.15, 0.2) is 47.1 Å². The van der Waals surface area contributed by atoms with Crippen LogP contribution >= 0.6 is 11.3 Å². The molecule has 32 heavy (non-hydrogen) atoms. The van der Waals surface area contributed by atoms with Crippen molar-refractivity contribution in [2.45, 2.75) is 50.6 Å². The minimum absolute atomic E-state index is 0.00420. The zero-order chi connectivity index (χ0) is 22.7. The van der Waals surface area contributed by atoms with Gasteiger partial charge in [-0.05, 0) is 50.8 Å². The lowest BCUT2D eigenvalue weighted by Gasteiger charge is -2.27. The van der Waals surface area contributed by atoms with E-state index < -0.39 is 16.1 Å². The standard InChI is InChI=1S/C22H27N5O3S2/c1-16-15-31-22(24-16)20-11-19(13-27(20)14-21(28)26-9-4-3-5-10-26)32(29,30)25-17(2)18-7-6-8-23-12-18/h6-8,11-13,15,17,25H,3-5,9-10,14H2,1-2H3. The van der Waals surface area contributed by atoms with Gasteiger partial charge < -0.3 is 9.47 Å². The molecule has 0 aromatic carbocycles. The fourth-order valence-corrected chi connectivity index (χ4v) is 5.90. The maximum Gasteiger partial charge on any atom is 0.242 e. The molecule has 1 aliphatic heterocycles. The first-order valence-corrected chi connectivity index (χ1v) is 13.0. The van der Waals surface area contributed by atoms with Crippen molar-refractivity contribution in [1.82, 2.24) is 24.2 Å². The molecule has 8 nitrogen and oxygen atoms in total. The van der Waals surface area contributed by atoms with Gasteiger partial charge in [0.2, 0.25) is 15.9 Å². The second kappa shape index (κ2) is 9.51. The van der Waals surface area contributed by atoms with Crippen LogP contribution in [0.4, 0.5) is 0 Å². The Morgan fingerprint density at radius 2 is 2.06 bits per heavy atom. The van der Waals surface area contributed by atoms with Gasteiger partial charge in [-0.3, -0.25) is 9.78 Å². The van der Waals surface area contributed by atoms with Gasteiger partial charge in [-0.1, -0.05) is 6.07 Å². The van der Waals surface area contributed by atoms with E-state index in [9.17, 15) is 13.2 Å². The lowest BCUT2D eigenvalue weighted by molar-refractivity contribution is -0.132. The van der Waals surface area contributed by atoms with Gasteiger partial charge in [0.15, 0.2) is 0 Å². The number of likely N-dealkylation sites (tertiary alicyclic amines) is 1. The summed E-state index contributed by atoms with van der Waals surface area (Å²) in [5, 5.41) is 2.60. The number of carbonyl (C=O) groups is 1. The van der Waals surface area contributed by atoms with Crippen molar-refractivity contribution in [2.75, 3.05) is 13.1 Å². The minimum atomic E-state index is -3.82. The van der Waals surface area contributed by atoms with Crippen molar-refractivity contribution < 1.29 is 13.2 Å². The molecule has 170 valence electrons. The summed E-state index contributed by atoms with van der Waals surface area (Å²) < 4.78 is 30.7. The molecule has 0 aliphatic carbocycles. The van der Waals surface area contributed by atoms with Gasteiger partial charge in [-0.25, -0.2) is 18.1 Å². The van der Waals surface area contributed by atoms with Crippen molar-refractivity contribution in [1.29, 1.82) is 0 Å². The van der Waals surface area contributed by atoms with Crippen molar-refractivity contribution in [3.63, 3.8) is 0 Å². The number of hydrogen-bond donors (Lipinski definition) is 1. The molecule has 10 heteroatoms. The summed E-state index contributed by atoms with van der Waals surface area (Å²) in [7, 11) is -3.82. The molecule has 1 fully saturated rings. The second-order valence-corrected chi connectivity index (χ2v) is 10.6. The molecule has 3 aromatic rings. The van der Waals surface area contributed by atoms with Gasteiger partial charge >= 0.3 is 0 Å². The Kier molecular flexibility index (Phi) is 6.73. The SMILES string of the molecule is Cc1csc(-c2cc(S(=O)(=O)NC(C)c3cccnc3)cn2CC(=O)N2CCCCC2)n1. The number of hydrogen-bond acceptors (Lipinski definition) is 6. The third-order valence-corrected chi connectivity index (χ3v) is 8.04. The van der Waals surface area contributed by atoms with Gasteiger partial charge in [-0.2, -0.15) is 0 Å². The van der Waals surface area contributed by atoms with Crippen LogP contribution in [0, 0.1) is 6.92 Å². The van der Waals surface area contributed by atoms with Crippen LogP contribution in [0.3, 0.4) is 0 Å².